The van der Waals surface area contributed by atoms with Gasteiger partial charge in [-0.3, -0.25) is 4.79 Å². The highest BCUT2D eigenvalue weighted by atomic mass is 19.4. The molecule has 2 N–H and O–H groups in total. The maximum Gasteiger partial charge on any atom is 0.403 e. The van der Waals surface area contributed by atoms with E-state index in [4.69, 9.17) is 5.11 Å². The molecular formula is C12H14F3NO2. The zero-order chi connectivity index (χ0) is 13.8. The lowest BCUT2D eigenvalue weighted by Gasteiger charge is -2.16. The first-order valence-corrected chi connectivity index (χ1v) is 5.36. The zero-order valence-corrected chi connectivity index (χ0v) is 9.79. The van der Waals surface area contributed by atoms with Gasteiger partial charge in [0.15, 0.2) is 5.92 Å². The second-order valence-electron chi connectivity index (χ2n) is 4.05. The number of carboxylic acid groups (broad SMARTS) is 1. The smallest absolute Gasteiger partial charge is 0.403 e. The third-order valence-corrected chi connectivity index (χ3v) is 2.45. The second kappa shape index (κ2) is 5.86. The molecule has 6 heteroatoms. The van der Waals surface area contributed by atoms with Crippen molar-refractivity contribution in [1.29, 1.82) is 0 Å². The van der Waals surface area contributed by atoms with Crippen LogP contribution in [0.5, 0.6) is 0 Å². The van der Waals surface area contributed by atoms with E-state index in [9.17, 15) is 18.0 Å². The van der Waals surface area contributed by atoms with E-state index >= 15 is 0 Å². The third kappa shape index (κ3) is 4.37. The molecule has 0 fully saturated rings. The molecule has 0 spiro atoms. The lowest BCUT2D eigenvalue weighted by atomic mass is 10.1. The maximum atomic E-state index is 12.3. The summed E-state index contributed by atoms with van der Waals surface area (Å²) < 4.78 is 37.0. The van der Waals surface area contributed by atoms with Crippen LogP contribution < -0.4 is 5.32 Å². The average Bonchev–Trinajstić information content (AvgIpc) is 2.22. The number of hydrogen-bond donors (Lipinski definition) is 2. The van der Waals surface area contributed by atoms with Gasteiger partial charge >= 0.3 is 12.1 Å². The number of carbonyl (C=O) groups is 1. The van der Waals surface area contributed by atoms with Crippen LogP contribution in [0.3, 0.4) is 0 Å². The fraction of sp³-hybridized carbons (Fsp3) is 0.417. The third-order valence-electron chi connectivity index (χ3n) is 2.45. The molecule has 0 aromatic heterocycles. The van der Waals surface area contributed by atoms with E-state index in [-0.39, 0.29) is 6.54 Å². The van der Waals surface area contributed by atoms with E-state index in [1.807, 2.05) is 19.1 Å². The molecule has 1 atom stereocenters. The summed E-state index contributed by atoms with van der Waals surface area (Å²) in [4.78, 5) is 10.5. The number of nitrogens with one attached hydrogen (secondary N) is 1. The summed E-state index contributed by atoms with van der Waals surface area (Å²) in [6.07, 6.45) is -4.73. The predicted molar refractivity (Wildman–Crippen MR) is 60.1 cm³/mol. The van der Waals surface area contributed by atoms with Crippen molar-refractivity contribution < 1.29 is 23.1 Å². The number of aryl methyl sites for hydroxylation is 1. The summed E-state index contributed by atoms with van der Waals surface area (Å²) in [6.45, 7) is 1.45. The second-order valence-corrected chi connectivity index (χ2v) is 4.05. The molecule has 3 nitrogen and oxygen atoms in total. The number of alkyl halides is 3. The highest BCUT2D eigenvalue weighted by Gasteiger charge is 2.44. The largest absolute Gasteiger partial charge is 0.481 e. The number of halogens is 3. The molecule has 0 saturated carbocycles. The van der Waals surface area contributed by atoms with Gasteiger partial charge in [0, 0.05) is 13.1 Å². The zero-order valence-electron chi connectivity index (χ0n) is 9.79. The van der Waals surface area contributed by atoms with Gasteiger partial charge in [0.25, 0.3) is 0 Å². The first kappa shape index (κ1) is 14.5. The summed E-state index contributed by atoms with van der Waals surface area (Å²) in [5.74, 6) is -4.23. The van der Waals surface area contributed by atoms with Crippen molar-refractivity contribution in [3.05, 3.63) is 35.4 Å². The van der Waals surface area contributed by atoms with E-state index < -0.39 is 24.6 Å². The molecule has 0 aliphatic heterocycles. The Kier molecular flexibility index (Phi) is 4.72. The van der Waals surface area contributed by atoms with Crippen molar-refractivity contribution in [1.82, 2.24) is 5.32 Å². The van der Waals surface area contributed by atoms with E-state index in [1.165, 1.54) is 0 Å². The quantitative estimate of drug-likeness (QED) is 0.855. The molecule has 0 saturated heterocycles. The highest BCUT2D eigenvalue weighted by Crippen LogP contribution is 2.25. The van der Waals surface area contributed by atoms with Gasteiger partial charge in [-0.2, -0.15) is 13.2 Å². The van der Waals surface area contributed by atoms with Gasteiger partial charge in [-0.1, -0.05) is 29.8 Å². The normalized spacial score (nSPS) is 13.3. The Morgan fingerprint density at radius 3 is 2.61 bits per heavy atom. The minimum atomic E-state index is -4.73. The molecular weight excluding hydrogens is 247 g/mol. The number of aliphatic carboxylic acids is 1. The molecule has 0 aliphatic carbocycles. The van der Waals surface area contributed by atoms with E-state index in [2.05, 4.69) is 5.32 Å². The lowest BCUT2D eigenvalue weighted by Crippen LogP contribution is -2.38. The Bertz CT molecular complexity index is 418. The predicted octanol–water partition coefficient (Wildman–Crippen LogP) is 2.35. The fourth-order valence-corrected chi connectivity index (χ4v) is 1.53. The fourth-order valence-electron chi connectivity index (χ4n) is 1.53. The van der Waals surface area contributed by atoms with Crippen LogP contribution in [0.1, 0.15) is 11.1 Å². The average molecular weight is 261 g/mol. The van der Waals surface area contributed by atoms with Crippen LogP contribution in [-0.2, 0) is 11.3 Å². The van der Waals surface area contributed by atoms with Gasteiger partial charge in [0.2, 0.25) is 0 Å². The van der Waals surface area contributed by atoms with Crippen molar-refractivity contribution in [2.75, 3.05) is 6.54 Å². The summed E-state index contributed by atoms with van der Waals surface area (Å²) in [7, 11) is 0. The SMILES string of the molecule is Cc1cccc(CNCC(C(=O)O)C(F)(F)F)c1. The van der Waals surface area contributed by atoms with Crippen LogP contribution in [0.2, 0.25) is 0 Å². The van der Waals surface area contributed by atoms with Crippen molar-refractivity contribution in [3.63, 3.8) is 0 Å². The molecule has 0 radical (unpaired) electrons. The Hall–Kier alpha value is -1.56. The van der Waals surface area contributed by atoms with Crippen molar-refractivity contribution >= 4 is 5.97 Å². The summed E-state index contributed by atoms with van der Waals surface area (Å²) >= 11 is 0. The first-order valence-electron chi connectivity index (χ1n) is 5.36. The molecule has 0 heterocycles. The minimum absolute atomic E-state index is 0.210. The van der Waals surface area contributed by atoms with E-state index in [0.29, 0.717) is 0 Å². The molecule has 1 aromatic rings. The first-order chi connectivity index (χ1) is 8.30. The van der Waals surface area contributed by atoms with Crippen LogP contribution in [-0.4, -0.2) is 23.8 Å². The van der Waals surface area contributed by atoms with Crippen LogP contribution in [0.15, 0.2) is 24.3 Å². The van der Waals surface area contributed by atoms with Gasteiger partial charge in [-0.25, -0.2) is 0 Å². The van der Waals surface area contributed by atoms with Gasteiger partial charge in [-0.15, -0.1) is 0 Å². The highest BCUT2D eigenvalue weighted by molar-refractivity contribution is 5.71. The topological polar surface area (TPSA) is 49.3 Å². The lowest BCUT2D eigenvalue weighted by molar-refractivity contribution is -0.192. The van der Waals surface area contributed by atoms with Crippen LogP contribution in [0, 0.1) is 12.8 Å². The monoisotopic (exact) mass is 261 g/mol. The van der Waals surface area contributed by atoms with Crippen molar-refractivity contribution in [2.45, 2.75) is 19.6 Å². The summed E-state index contributed by atoms with van der Waals surface area (Å²) in [5, 5.41) is 11.0. The summed E-state index contributed by atoms with van der Waals surface area (Å²) in [6, 6.07) is 7.27. The molecule has 0 amide bonds. The molecule has 18 heavy (non-hydrogen) atoms. The molecule has 100 valence electrons. The van der Waals surface area contributed by atoms with Gasteiger partial charge in [-0.05, 0) is 12.5 Å². The van der Waals surface area contributed by atoms with Gasteiger partial charge < -0.3 is 10.4 Å². The molecule has 1 unspecified atom stereocenters. The Balaban J connectivity index is 2.52. The summed E-state index contributed by atoms with van der Waals surface area (Å²) in [5.41, 5.74) is 1.82. The van der Waals surface area contributed by atoms with Crippen molar-refractivity contribution in [2.24, 2.45) is 5.92 Å². The van der Waals surface area contributed by atoms with E-state index in [1.54, 1.807) is 12.1 Å². The number of hydrogen-bond acceptors (Lipinski definition) is 2. The minimum Gasteiger partial charge on any atom is -0.481 e. The molecule has 1 aromatic carbocycles. The van der Waals surface area contributed by atoms with E-state index in [0.717, 1.165) is 11.1 Å². The molecule has 1 rings (SSSR count). The standard InChI is InChI=1S/C12H14F3NO2/c1-8-3-2-4-9(5-8)6-16-7-10(11(17)18)12(13,14)15/h2-5,10,16H,6-7H2,1H3,(H,17,18). The number of carboxylic acids is 1. The van der Waals surface area contributed by atoms with Crippen LogP contribution >= 0.6 is 0 Å². The Morgan fingerprint density at radius 2 is 2.11 bits per heavy atom. The van der Waals surface area contributed by atoms with Crippen LogP contribution in [0.25, 0.3) is 0 Å². The maximum absolute atomic E-state index is 12.3. The van der Waals surface area contributed by atoms with Gasteiger partial charge in [0.1, 0.15) is 0 Å². The Morgan fingerprint density at radius 1 is 1.44 bits per heavy atom. The van der Waals surface area contributed by atoms with Crippen LogP contribution in [0.4, 0.5) is 13.2 Å². The number of benzene rings is 1. The number of rotatable bonds is 5. The van der Waals surface area contributed by atoms with Crippen molar-refractivity contribution in [3.8, 4) is 0 Å². The van der Waals surface area contributed by atoms with Gasteiger partial charge in [0.05, 0.1) is 0 Å². The molecule has 0 bridgehead atoms. The Labute approximate surface area is 103 Å². The molecule has 0 aliphatic rings.